The third-order valence-corrected chi connectivity index (χ3v) is 2.77. The molecule has 0 aliphatic rings. The van der Waals surface area contributed by atoms with Gasteiger partial charge in [0.1, 0.15) is 5.82 Å². The Bertz CT molecular complexity index is 523. The van der Waals surface area contributed by atoms with E-state index in [0.717, 1.165) is 6.07 Å². The van der Waals surface area contributed by atoms with Crippen LogP contribution < -0.4 is 0 Å². The van der Waals surface area contributed by atoms with Crippen LogP contribution in [0.5, 0.6) is 0 Å². The Labute approximate surface area is 80.7 Å². The normalized spacial score (nSPS) is 10.7. The number of hydrogen-bond donors (Lipinski definition) is 0. The highest BCUT2D eigenvalue weighted by molar-refractivity contribution is 7.18. The zero-order chi connectivity index (χ0) is 10.3. The van der Waals surface area contributed by atoms with Gasteiger partial charge >= 0.3 is 5.69 Å². The van der Waals surface area contributed by atoms with Gasteiger partial charge in [0.2, 0.25) is 0 Å². The molecule has 0 aliphatic carbocycles. The minimum absolute atomic E-state index is 0.0116. The first-order valence-electron chi connectivity index (χ1n) is 3.62. The molecule has 0 radical (unpaired) electrons. The standard InChI is InChI=1S/C8H3F2NO2S/c9-5-3-1-2-4-6(11(12)13)8(10)14-7(4)5/h1-3H. The van der Waals surface area contributed by atoms with E-state index >= 15 is 0 Å². The number of benzene rings is 1. The third-order valence-electron chi connectivity index (χ3n) is 1.78. The van der Waals surface area contributed by atoms with Crippen molar-refractivity contribution in [3.8, 4) is 0 Å². The van der Waals surface area contributed by atoms with E-state index in [1.165, 1.54) is 12.1 Å². The van der Waals surface area contributed by atoms with Crippen LogP contribution in [-0.2, 0) is 0 Å². The third kappa shape index (κ3) is 1.15. The van der Waals surface area contributed by atoms with Gasteiger partial charge in [0.25, 0.3) is 5.13 Å². The summed E-state index contributed by atoms with van der Waals surface area (Å²) in [5.41, 5.74) is -0.649. The van der Waals surface area contributed by atoms with Crippen LogP contribution in [0.15, 0.2) is 18.2 Å². The van der Waals surface area contributed by atoms with Crippen LogP contribution in [-0.4, -0.2) is 4.92 Å². The van der Waals surface area contributed by atoms with Crippen molar-refractivity contribution < 1.29 is 13.7 Å². The molecular formula is C8H3F2NO2S. The molecule has 1 aromatic carbocycles. The first-order chi connectivity index (χ1) is 6.61. The summed E-state index contributed by atoms with van der Waals surface area (Å²) in [5, 5.41) is 9.51. The molecule has 0 saturated carbocycles. The molecule has 0 aliphatic heterocycles. The van der Waals surface area contributed by atoms with Crippen LogP contribution in [0, 0.1) is 21.1 Å². The van der Waals surface area contributed by atoms with E-state index in [1.807, 2.05) is 0 Å². The second-order valence-electron chi connectivity index (χ2n) is 2.60. The Hall–Kier alpha value is -1.56. The monoisotopic (exact) mass is 215 g/mol. The van der Waals surface area contributed by atoms with Gasteiger partial charge in [-0.25, -0.2) is 4.39 Å². The Kier molecular flexibility index (Phi) is 1.92. The second-order valence-corrected chi connectivity index (χ2v) is 3.57. The zero-order valence-corrected chi connectivity index (χ0v) is 7.48. The van der Waals surface area contributed by atoms with Gasteiger partial charge in [-0.1, -0.05) is 17.4 Å². The fourth-order valence-electron chi connectivity index (χ4n) is 1.21. The molecule has 1 heterocycles. The first kappa shape index (κ1) is 9.01. The Morgan fingerprint density at radius 2 is 2.07 bits per heavy atom. The van der Waals surface area contributed by atoms with Crippen molar-refractivity contribution in [2.75, 3.05) is 0 Å². The number of nitro groups is 1. The number of hydrogen-bond acceptors (Lipinski definition) is 3. The largest absolute Gasteiger partial charge is 0.323 e. The van der Waals surface area contributed by atoms with E-state index in [4.69, 9.17) is 0 Å². The quantitative estimate of drug-likeness (QED) is 0.542. The molecule has 0 N–H and O–H groups in total. The van der Waals surface area contributed by atoms with E-state index in [2.05, 4.69) is 0 Å². The summed E-state index contributed by atoms with van der Waals surface area (Å²) in [7, 11) is 0. The van der Waals surface area contributed by atoms with Gasteiger partial charge in [0.05, 0.1) is 15.0 Å². The van der Waals surface area contributed by atoms with Gasteiger partial charge in [0.15, 0.2) is 0 Å². The van der Waals surface area contributed by atoms with E-state index in [0.29, 0.717) is 11.3 Å². The molecule has 3 nitrogen and oxygen atoms in total. The smallest absolute Gasteiger partial charge is 0.258 e. The molecule has 0 amide bonds. The van der Waals surface area contributed by atoms with E-state index < -0.39 is 21.6 Å². The number of thiophene rings is 1. The maximum Gasteiger partial charge on any atom is 0.323 e. The van der Waals surface area contributed by atoms with Crippen molar-refractivity contribution in [2.45, 2.75) is 0 Å². The molecule has 2 rings (SSSR count). The number of nitrogens with zero attached hydrogens (tertiary/aromatic N) is 1. The van der Waals surface area contributed by atoms with Crippen molar-refractivity contribution in [3.05, 3.63) is 39.3 Å². The minimum atomic E-state index is -0.963. The van der Waals surface area contributed by atoms with Crippen LogP contribution in [0.4, 0.5) is 14.5 Å². The molecule has 14 heavy (non-hydrogen) atoms. The van der Waals surface area contributed by atoms with Crippen molar-refractivity contribution in [2.24, 2.45) is 0 Å². The number of rotatable bonds is 1. The predicted octanol–water partition coefficient (Wildman–Crippen LogP) is 3.09. The van der Waals surface area contributed by atoms with Crippen LogP contribution in [0.25, 0.3) is 10.1 Å². The highest BCUT2D eigenvalue weighted by atomic mass is 32.1. The van der Waals surface area contributed by atoms with Gasteiger partial charge < -0.3 is 0 Å². The Balaban J connectivity index is 2.90. The average molecular weight is 215 g/mol. The molecule has 0 spiro atoms. The summed E-state index contributed by atoms with van der Waals surface area (Å²) in [4.78, 5) is 9.62. The van der Waals surface area contributed by atoms with Gasteiger partial charge in [-0.15, -0.1) is 0 Å². The zero-order valence-electron chi connectivity index (χ0n) is 6.66. The van der Waals surface area contributed by atoms with Gasteiger partial charge in [0, 0.05) is 0 Å². The molecule has 0 bridgehead atoms. The van der Waals surface area contributed by atoms with Crippen LogP contribution in [0.1, 0.15) is 0 Å². The molecular weight excluding hydrogens is 212 g/mol. The van der Waals surface area contributed by atoms with E-state index in [1.54, 1.807) is 0 Å². The maximum absolute atomic E-state index is 13.1. The van der Waals surface area contributed by atoms with Gasteiger partial charge in [-0.05, 0) is 12.1 Å². The maximum atomic E-state index is 13.1. The van der Waals surface area contributed by atoms with Crippen molar-refractivity contribution in [1.82, 2.24) is 0 Å². The Morgan fingerprint density at radius 1 is 1.36 bits per heavy atom. The predicted molar refractivity (Wildman–Crippen MR) is 48.4 cm³/mol. The molecule has 0 saturated heterocycles. The second kappa shape index (κ2) is 2.98. The molecule has 0 fully saturated rings. The molecule has 1 aromatic heterocycles. The summed E-state index contributed by atoms with van der Waals surface area (Å²) in [6.07, 6.45) is 0. The minimum Gasteiger partial charge on any atom is -0.258 e. The summed E-state index contributed by atoms with van der Waals surface area (Å²) >= 11 is 0.450. The summed E-state index contributed by atoms with van der Waals surface area (Å²) in [6, 6.07) is 3.79. The fourth-order valence-corrected chi connectivity index (χ4v) is 2.11. The van der Waals surface area contributed by atoms with Gasteiger partial charge in [-0.3, -0.25) is 10.1 Å². The lowest BCUT2D eigenvalue weighted by molar-refractivity contribution is -0.385. The van der Waals surface area contributed by atoms with Crippen molar-refractivity contribution in [1.29, 1.82) is 0 Å². The number of fused-ring (bicyclic) bond motifs is 1. The lowest BCUT2D eigenvalue weighted by Gasteiger charge is -1.89. The summed E-state index contributed by atoms with van der Waals surface area (Å²) < 4.78 is 26.1. The summed E-state index contributed by atoms with van der Waals surface area (Å²) in [6.45, 7) is 0. The highest BCUT2D eigenvalue weighted by Crippen LogP contribution is 2.36. The average Bonchev–Trinajstić information content (AvgIpc) is 2.42. The van der Waals surface area contributed by atoms with Crippen molar-refractivity contribution in [3.63, 3.8) is 0 Å². The molecule has 0 unspecified atom stereocenters. The SMILES string of the molecule is O=[N+]([O-])c1c(F)sc2c(F)cccc12. The van der Waals surface area contributed by atoms with Gasteiger partial charge in [-0.2, -0.15) is 4.39 Å². The van der Waals surface area contributed by atoms with Crippen LogP contribution in [0.2, 0.25) is 0 Å². The van der Waals surface area contributed by atoms with Crippen LogP contribution in [0.3, 0.4) is 0 Å². The highest BCUT2D eigenvalue weighted by Gasteiger charge is 2.23. The molecule has 2 aromatic rings. The molecule has 72 valence electrons. The summed E-state index contributed by atoms with van der Waals surface area (Å²) in [5.74, 6) is -0.639. The van der Waals surface area contributed by atoms with Crippen molar-refractivity contribution >= 4 is 27.1 Å². The molecule has 6 heteroatoms. The van der Waals surface area contributed by atoms with E-state index in [9.17, 15) is 18.9 Å². The van der Waals surface area contributed by atoms with Crippen LogP contribution >= 0.6 is 11.3 Å². The molecule has 0 atom stereocenters. The lowest BCUT2D eigenvalue weighted by Crippen LogP contribution is -1.88. The fraction of sp³-hybridized carbons (Fsp3) is 0. The first-order valence-corrected chi connectivity index (χ1v) is 4.44. The Morgan fingerprint density at radius 3 is 2.71 bits per heavy atom. The van der Waals surface area contributed by atoms with E-state index in [-0.39, 0.29) is 10.1 Å². The number of halogens is 2. The topological polar surface area (TPSA) is 43.1 Å². The lowest BCUT2D eigenvalue weighted by atomic mass is 10.2.